The molecular formula is C26H23N3O2S. The van der Waals surface area contributed by atoms with E-state index in [-0.39, 0.29) is 4.90 Å². The Kier molecular flexibility index (Phi) is 6.17. The highest BCUT2D eigenvalue weighted by Gasteiger charge is 2.38. The van der Waals surface area contributed by atoms with Crippen molar-refractivity contribution in [1.29, 1.82) is 0 Å². The van der Waals surface area contributed by atoms with Gasteiger partial charge in [-0.15, -0.1) is 5.73 Å². The predicted molar refractivity (Wildman–Crippen MR) is 129 cm³/mol. The van der Waals surface area contributed by atoms with Gasteiger partial charge in [-0.25, -0.2) is 0 Å². The van der Waals surface area contributed by atoms with Crippen LogP contribution in [0.4, 0.5) is 0 Å². The summed E-state index contributed by atoms with van der Waals surface area (Å²) in [6, 6.07) is 17.5. The first-order valence-corrected chi connectivity index (χ1v) is 11.7. The number of benzene rings is 2. The molecule has 0 amide bonds. The Morgan fingerprint density at radius 1 is 1.09 bits per heavy atom. The molecule has 32 heavy (non-hydrogen) atoms. The zero-order chi connectivity index (χ0) is 22.6. The second kappa shape index (κ2) is 9.18. The van der Waals surface area contributed by atoms with E-state index in [9.17, 15) is 8.42 Å². The topological polar surface area (TPSA) is 62.1 Å². The van der Waals surface area contributed by atoms with Crippen LogP contribution in [0.3, 0.4) is 0 Å². The fraction of sp³-hybridized carbons (Fsp3) is 0.115. The lowest BCUT2D eigenvalue weighted by Gasteiger charge is -2.25. The second-order valence-electron chi connectivity index (χ2n) is 7.29. The molecule has 0 N–H and O–H groups in total. The van der Waals surface area contributed by atoms with Crippen molar-refractivity contribution in [3.63, 3.8) is 0 Å². The van der Waals surface area contributed by atoms with Crippen LogP contribution in [0, 0.1) is 0 Å². The van der Waals surface area contributed by atoms with Gasteiger partial charge in [-0.3, -0.25) is 4.99 Å². The van der Waals surface area contributed by atoms with E-state index in [4.69, 9.17) is 0 Å². The summed E-state index contributed by atoms with van der Waals surface area (Å²) in [5.74, 6) is 0. The smallest absolute Gasteiger partial charge is 0.256 e. The van der Waals surface area contributed by atoms with E-state index in [1.807, 2.05) is 61.6 Å². The molecule has 0 bridgehead atoms. The summed E-state index contributed by atoms with van der Waals surface area (Å²) < 4.78 is 28.3. The molecule has 0 radical (unpaired) electrons. The van der Waals surface area contributed by atoms with Crippen molar-refractivity contribution in [3.05, 3.63) is 120 Å². The number of rotatable bonds is 5. The van der Waals surface area contributed by atoms with Gasteiger partial charge in [0.2, 0.25) is 0 Å². The van der Waals surface area contributed by atoms with Crippen molar-refractivity contribution in [2.75, 3.05) is 0 Å². The van der Waals surface area contributed by atoms with Gasteiger partial charge in [-0.1, -0.05) is 67.3 Å². The van der Waals surface area contributed by atoms with Gasteiger partial charge in [-0.2, -0.15) is 17.9 Å². The molecule has 0 spiro atoms. The van der Waals surface area contributed by atoms with Crippen LogP contribution >= 0.6 is 0 Å². The van der Waals surface area contributed by atoms with Crippen LogP contribution in [0.5, 0.6) is 0 Å². The fourth-order valence-corrected chi connectivity index (χ4v) is 5.09. The lowest BCUT2D eigenvalue weighted by molar-refractivity contribution is 0.401. The Morgan fingerprint density at radius 3 is 2.44 bits per heavy atom. The minimum atomic E-state index is -3.85. The van der Waals surface area contributed by atoms with Crippen LogP contribution in [0.2, 0.25) is 0 Å². The number of hydrazone groups is 1. The SMILES string of the molecule is C=C=C1C=CC([C@@H]2CC(c3ccccc3)=NN2S(=O)(=O)c2ccccc2)=C/C1=N/C=C\C. The number of nitrogens with zero attached hydrogens (tertiary/aromatic N) is 3. The normalized spacial score (nSPS) is 19.9. The third-order valence-corrected chi connectivity index (χ3v) is 6.92. The second-order valence-corrected chi connectivity index (χ2v) is 9.08. The van der Waals surface area contributed by atoms with Crippen molar-refractivity contribution in [2.24, 2.45) is 10.1 Å². The predicted octanol–water partition coefficient (Wildman–Crippen LogP) is 5.04. The third kappa shape index (κ3) is 4.19. The van der Waals surface area contributed by atoms with Crippen LogP contribution < -0.4 is 0 Å². The molecule has 0 saturated carbocycles. The van der Waals surface area contributed by atoms with Gasteiger partial charge in [0, 0.05) is 18.2 Å². The zero-order valence-corrected chi connectivity index (χ0v) is 18.5. The molecule has 1 aliphatic heterocycles. The van der Waals surface area contributed by atoms with Gasteiger partial charge in [0.15, 0.2) is 0 Å². The van der Waals surface area contributed by atoms with Crippen LogP contribution in [0.15, 0.2) is 130 Å². The van der Waals surface area contributed by atoms with Crippen LogP contribution in [0.25, 0.3) is 0 Å². The molecule has 2 aromatic carbocycles. The van der Waals surface area contributed by atoms with Gasteiger partial charge in [0.05, 0.1) is 22.4 Å². The summed E-state index contributed by atoms with van der Waals surface area (Å²) in [6.07, 6.45) is 9.62. The molecule has 5 nitrogen and oxygen atoms in total. The molecule has 0 unspecified atom stereocenters. The summed E-state index contributed by atoms with van der Waals surface area (Å²) in [4.78, 5) is 4.67. The van der Waals surface area contributed by atoms with E-state index in [0.717, 1.165) is 22.4 Å². The average molecular weight is 442 g/mol. The van der Waals surface area contributed by atoms with Crippen LogP contribution in [-0.2, 0) is 10.0 Å². The third-order valence-electron chi connectivity index (χ3n) is 5.23. The first kappa shape index (κ1) is 21.5. The maximum atomic E-state index is 13.5. The molecule has 1 atom stereocenters. The highest BCUT2D eigenvalue weighted by molar-refractivity contribution is 7.89. The summed E-state index contributed by atoms with van der Waals surface area (Å²) in [7, 11) is -3.85. The Balaban J connectivity index is 1.81. The Bertz CT molecular complexity index is 1310. The maximum Gasteiger partial charge on any atom is 0.279 e. The van der Waals surface area contributed by atoms with Gasteiger partial charge in [-0.05, 0) is 42.3 Å². The minimum absolute atomic E-state index is 0.206. The highest BCUT2D eigenvalue weighted by atomic mass is 32.2. The van der Waals surface area contributed by atoms with E-state index in [1.165, 1.54) is 4.41 Å². The summed E-state index contributed by atoms with van der Waals surface area (Å²) in [5.41, 5.74) is 6.75. The van der Waals surface area contributed by atoms with Crippen LogP contribution in [-0.4, -0.2) is 30.3 Å². The van der Waals surface area contributed by atoms with E-state index < -0.39 is 16.1 Å². The number of hydrogen-bond donors (Lipinski definition) is 0. The monoisotopic (exact) mass is 441 g/mol. The average Bonchev–Trinajstić information content (AvgIpc) is 3.30. The molecule has 1 heterocycles. The molecule has 6 heteroatoms. The number of hydrogen-bond acceptors (Lipinski definition) is 4. The molecule has 4 rings (SSSR count). The summed E-state index contributed by atoms with van der Waals surface area (Å²) in [5, 5.41) is 4.59. The van der Waals surface area contributed by atoms with Gasteiger partial charge in [0.1, 0.15) is 0 Å². The zero-order valence-electron chi connectivity index (χ0n) is 17.7. The van der Waals surface area contributed by atoms with E-state index >= 15 is 0 Å². The molecular weight excluding hydrogens is 418 g/mol. The molecule has 0 saturated heterocycles. The van der Waals surface area contributed by atoms with Crippen molar-refractivity contribution >= 4 is 21.4 Å². The highest BCUT2D eigenvalue weighted by Crippen LogP contribution is 2.33. The van der Waals surface area contributed by atoms with E-state index in [2.05, 4.69) is 22.4 Å². The van der Waals surface area contributed by atoms with Crippen molar-refractivity contribution in [1.82, 2.24) is 4.41 Å². The molecule has 2 aliphatic rings. The van der Waals surface area contributed by atoms with Crippen molar-refractivity contribution < 1.29 is 8.42 Å². The molecule has 1 aliphatic carbocycles. The Labute approximate surface area is 188 Å². The van der Waals surface area contributed by atoms with Crippen LogP contribution in [0.1, 0.15) is 18.9 Å². The molecule has 0 aromatic heterocycles. The lowest BCUT2D eigenvalue weighted by atomic mass is 9.93. The molecule has 2 aromatic rings. The quantitative estimate of drug-likeness (QED) is 0.611. The summed E-state index contributed by atoms with van der Waals surface area (Å²) in [6.45, 7) is 5.62. The minimum Gasteiger partial charge on any atom is -0.256 e. The molecule has 0 fully saturated rings. The number of allylic oxidation sites excluding steroid dienone is 4. The van der Waals surface area contributed by atoms with Gasteiger partial charge >= 0.3 is 0 Å². The Morgan fingerprint density at radius 2 is 1.78 bits per heavy atom. The van der Waals surface area contributed by atoms with Gasteiger partial charge < -0.3 is 0 Å². The first-order chi connectivity index (χ1) is 15.5. The van der Waals surface area contributed by atoms with Gasteiger partial charge in [0.25, 0.3) is 10.0 Å². The molecule has 160 valence electrons. The van der Waals surface area contributed by atoms with Crippen molar-refractivity contribution in [2.45, 2.75) is 24.3 Å². The first-order valence-electron chi connectivity index (χ1n) is 10.3. The largest absolute Gasteiger partial charge is 0.279 e. The Hall–Kier alpha value is -3.73. The standard InChI is InChI=1S/C26H23N3O2S/c1-3-17-27-24-18-22(16-15-20(24)4-2)26-19-25(21-11-7-5-8-12-21)28-29(26)32(30,31)23-13-9-6-10-14-23/h3,5-18,26H,2,19H2,1H3/b17-3-,27-24-/t26-/m0/s1. The number of aliphatic imine (C=N–C) groups is 1. The van der Waals surface area contributed by atoms with Crippen molar-refractivity contribution in [3.8, 4) is 0 Å². The summed E-state index contributed by atoms with van der Waals surface area (Å²) >= 11 is 0. The number of sulfonamides is 1. The van der Waals surface area contributed by atoms with E-state index in [1.54, 1.807) is 36.5 Å². The van der Waals surface area contributed by atoms with E-state index in [0.29, 0.717) is 12.1 Å². The lowest BCUT2D eigenvalue weighted by Crippen LogP contribution is -2.34. The maximum absolute atomic E-state index is 13.5. The fourth-order valence-electron chi connectivity index (χ4n) is 3.63.